The molecule has 0 amide bonds. The van der Waals surface area contributed by atoms with E-state index in [1.807, 2.05) is 0 Å². The first kappa shape index (κ1) is 17.9. The lowest BCUT2D eigenvalue weighted by atomic mass is 10.1. The van der Waals surface area contributed by atoms with E-state index in [-0.39, 0.29) is 11.6 Å². The van der Waals surface area contributed by atoms with Gasteiger partial charge < -0.3 is 15.0 Å². The van der Waals surface area contributed by atoms with Crippen molar-refractivity contribution in [1.29, 1.82) is 0 Å². The van der Waals surface area contributed by atoms with Crippen molar-refractivity contribution in [2.24, 2.45) is 0 Å². The lowest BCUT2D eigenvalue weighted by molar-refractivity contribution is 0.199. The minimum absolute atomic E-state index is 0.0383. The summed E-state index contributed by atoms with van der Waals surface area (Å²) >= 11 is 0. The highest BCUT2D eigenvalue weighted by molar-refractivity contribution is 7.90. The van der Waals surface area contributed by atoms with Gasteiger partial charge in [0.05, 0.1) is 12.4 Å². The third-order valence-electron chi connectivity index (χ3n) is 3.09. The number of nitrogens with one attached hydrogen (secondary N) is 1. The number of rotatable bonds is 9. The van der Waals surface area contributed by atoms with Gasteiger partial charge in [0.1, 0.15) is 15.7 Å². The fourth-order valence-corrected chi connectivity index (χ4v) is 2.50. The van der Waals surface area contributed by atoms with Crippen molar-refractivity contribution in [3.8, 4) is 0 Å². The van der Waals surface area contributed by atoms with Crippen LogP contribution < -0.4 is 10.2 Å². The SMILES string of the molecule is COCCNCc1c(F)cccc1N(C)CCS(C)(=O)=O. The largest absolute Gasteiger partial charge is 0.383 e. The van der Waals surface area contributed by atoms with Gasteiger partial charge in [0.25, 0.3) is 0 Å². The van der Waals surface area contributed by atoms with E-state index in [1.165, 1.54) is 12.3 Å². The first-order valence-electron chi connectivity index (χ1n) is 6.71. The van der Waals surface area contributed by atoms with Crippen molar-refractivity contribution in [1.82, 2.24) is 5.32 Å². The molecule has 0 bridgehead atoms. The Bertz CT molecular complexity index is 549. The fraction of sp³-hybridized carbons (Fsp3) is 0.571. The number of methoxy groups -OCH3 is 1. The molecular formula is C14H23FN2O3S. The van der Waals surface area contributed by atoms with Gasteiger partial charge in [-0.3, -0.25) is 0 Å². The first-order valence-corrected chi connectivity index (χ1v) is 8.77. The second kappa shape index (κ2) is 8.31. The molecule has 1 aromatic rings. The summed E-state index contributed by atoms with van der Waals surface area (Å²) in [6.07, 6.45) is 1.19. The molecule has 0 saturated carbocycles. The molecule has 1 aromatic carbocycles. The van der Waals surface area contributed by atoms with Gasteiger partial charge >= 0.3 is 0 Å². The van der Waals surface area contributed by atoms with Crippen LogP contribution in [0.1, 0.15) is 5.56 Å². The molecule has 0 fully saturated rings. The number of benzene rings is 1. The predicted molar refractivity (Wildman–Crippen MR) is 83.0 cm³/mol. The van der Waals surface area contributed by atoms with Gasteiger partial charge in [-0.15, -0.1) is 0 Å². The highest BCUT2D eigenvalue weighted by atomic mass is 32.2. The number of hydrogen-bond acceptors (Lipinski definition) is 5. The predicted octanol–water partition coefficient (Wildman–Crippen LogP) is 1.04. The van der Waals surface area contributed by atoms with Crippen LogP contribution in [0.15, 0.2) is 18.2 Å². The Hall–Kier alpha value is -1.18. The van der Waals surface area contributed by atoms with Gasteiger partial charge in [0, 0.05) is 51.3 Å². The molecule has 0 aromatic heterocycles. The van der Waals surface area contributed by atoms with Gasteiger partial charge in [-0.2, -0.15) is 0 Å². The highest BCUT2D eigenvalue weighted by Crippen LogP contribution is 2.22. The van der Waals surface area contributed by atoms with Gasteiger partial charge in [-0.05, 0) is 12.1 Å². The van der Waals surface area contributed by atoms with Gasteiger partial charge in [0.2, 0.25) is 0 Å². The zero-order chi connectivity index (χ0) is 15.9. The summed E-state index contributed by atoms with van der Waals surface area (Å²) in [5, 5.41) is 3.10. The van der Waals surface area contributed by atoms with Gasteiger partial charge in [-0.25, -0.2) is 12.8 Å². The Morgan fingerprint density at radius 3 is 2.71 bits per heavy atom. The van der Waals surface area contributed by atoms with Crippen LogP contribution in [0.4, 0.5) is 10.1 Å². The van der Waals surface area contributed by atoms with Crippen LogP contribution in [0.25, 0.3) is 0 Å². The van der Waals surface area contributed by atoms with E-state index in [0.717, 1.165) is 0 Å². The molecule has 0 spiro atoms. The number of hydrogen-bond donors (Lipinski definition) is 1. The zero-order valence-corrected chi connectivity index (χ0v) is 13.5. The number of anilines is 1. The van der Waals surface area contributed by atoms with Crippen LogP contribution in [0, 0.1) is 5.82 Å². The van der Waals surface area contributed by atoms with Gasteiger partial charge in [-0.1, -0.05) is 6.07 Å². The monoisotopic (exact) mass is 318 g/mol. The topological polar surface area (TPSA) is 58.6 Å². The Labute approximate surface area is 126 Å². The van der Waals surface area contributed by atoms with Crippen LogP contribution in [0.3, 0.4) is 0 Å². The highest BCUT2D eigenvalue weighted by Gasteiger charge is 2.13. The molecule has 0 unspecified atom stereocenters. The Kier molecular flexibility index (Phi) is 7.07. The third kappa shape index (κ3) is 6.41. The molecule has 21 heavy (non-hydrogen) atoms. The van der Waals surface area contributed by atoms with E-state index in [0.29, 0.717) is 37.5 Å². The standard InChI is InChI=1S/C14H23FN2O3S/c1-17(8-10-21(3,18)19)14-6-4-5-13(15)12(14)11-16-7-9-20-2/h4-6,16H,7-11H2,1-3H3. The van der Waals surface area contributed by atoms with Crippen molar-refractivity contribution in [3.05, 3.63) is 29.6 Å². The molecule has 0 atom stereocenters. The third-order valence-corrected chi connectivity index (χ3v) is 4.01. The molecule has 0 saturated heterocycles. The second-order valence-corrected chi connectivity index (χ2v) is 7.22. The van der Waals surface area contributed by atoms with E-state index in [9.17, 15) is 12.8 Å². The fourth-order valence-electron chi connectivity index (χ4n) is 1.89. The molecule has 0 heterocycles. The van der Waals surface area contributed by atoms with Gasteiger partial charge in [0.15, 0.2) is 0 Å². The molecule has 0 aliphatic carbocycles. The van der Waals surface area contributed by atoms with Crippen molar-refractivity contribution in [2.75, 3.05) is 50.8 Å². The van der Waals surface area contributed by atoms with E-state index in [2.05, 4.69) is 5.32 Å². The molecular weight excluding hydrogens is 295 g/mol. The summed E-state index contributed by atoms with van der Waals surface area (Å²) in [5.41, 5.74) is 1.23. The minimum atomic E-state index is -3.04. The van der Waals surface area contributed by atoms with Crippen LogP contribution in [-0.2, 0) is 21.1 Å². The lowest BCUT2D eigenvalue weighted by Gasteiger charge is -2.22. The van der Waals surface area contributed by atoms with E-state index in [1.54, 1.807) is 31.2 Å². The molecule has 0 aliphatic heterocycles. The average molecular weight is 318 g/mol. The first-order chi connectivity index (χ1) is 9.85. The molecule has 120 valence electrons. The van der Waals surface area contributed by atoms with Crippen molar-refractivity contribution < 1.29 is 17.5 Å². The summed E-state index contributed by atoms with van der Waals surface area (Å²) in [7, 11) is 0.327. The summed E-state index contributed by atoms with van der Waals surface area (Å²) in [5.74, 6) is -0.264. The average Bonchev–Trinajstić information content (AvgIpc) is 2.41. The van der Waals surface area contributed by atoms with E-state index >= 15 is 0 Å². The summed E-state index contributed by atoms with van der Waals surface area (Å²) in [6.45, 7) is 1.87. The smallest absolute Gasteiger partial charge is 0.149 e. The maximum absolute atomic E-state index is 14.0. The van der Waals surface area contributed by atoms with Crippen molar-refractivity contribution in [3.63, 3.8) is 0 Å². The van der Waals surface area contributed by atoms with Crippen LogP contribution in [0.2, 0.25) is 0 Å². The Balaban J connectivity index is 2.78. The quantitative estimate of drug-likeness (QED) is 0.690. The molecule has 1 N–H and O–H groups in total. The van der Waals surface area contributed by atoms with Crippen LogP contribution >= 0.6 is 0 Å². The molecule has 7 heteroatoms. The molecule has 0 radical (unpaired) electrons. The maximum atomic E-state index is 14.0. The second-order valence-electron chi connectivity index (χ2n) is 4.96. The molecule has 0 aliphatic rings. The number of halogens is 1. The Morgan fingerprint density at radius 2 is 2.10 bits per heavy atom. The number of sulfone groups is 1. The summed E-state index contributed by atoms with van der Waals surface area (Å²) in [6, 6.07) is 4.82. The van der Waals surface area contributed by atoms with Crippen molar-refractivity contribution >= 4 is 15.5 Å². The summed E-state index contributed by atoms with van der Waals surface area (Å²) in [4.78, 5) is 1.76. The number of nitrogens with zero attached hydrogens (tertiary/aromatic N) is 1. The summed E-state index contributed by atoms with van der Waals surface area (Å²) < 4.78 is 41.4. The molecule has 1 rings (SSSR count). The van der Waals surface area contributed by atoms with E-state index in [4.69, 9.17) is 4.74 Å². The maximum Gasteiger partial charge on any atom is 0.149 e. The molecule has 5 nitrogen and oxygen atoms in total. The minimum Gasteiger partial charge on any atom is -0.383 e. The zero-order valence-electron chi connectivity index (χ0n) is 12.7. The van der Waals surface area contributed by atoms with Crippen LogP contribution in [-0.4, -0.2) is 54.3 Å². The normalized spacial score (nSPS) is 11.6. The van der Waals surface area contributed by atoms with E-state index < -0.39 is 9.84 Å². The Morgan fingerprint density at radius 1 is 1.38 bits per heavy atom. The van der Waals surface area contributed by atoms with Crippen LogP contribution in [0.5, 0.6) is 0 Å². The number of ether oxygens (including phenoxy) is 1. The lowest BCUT2D eigenvalue weighted by Crippen LogP contribution is -2.27. The van der Waals surface area contributed by atoms with Crippen molar-refractivity contribution in [2.45, 2.75) is 6.54 Å².